The molecule has 0 radical (unpaired) electrons. The molecular formula is C12H14BrN3O. The van der Waals surface area contributed by atoms with Crippen LogP contribution >= 0.6 is 15.9 Å². The van der Waals surface area contributed by atoms with Gasteiger partial charge in [0.1, 0.15) is 0 Å². The van der Waals surface area contributed by atoms with Crippen molar-refractivity contribution in [2.75, 3.05) is 13.6 Å². The Morgan fingerprint density at radius 3 is 2.94 bits per heavy atom. The molecule has 1 aromatic carbocycles. The molecule has 17 heavy (non-hydrogen) atoms. The highest BCUT2D eigenvalue weighted by Crippen LogP contribution is 2.27. The van der Waals surface area contributed by atoms with E-state index >= 15 is 0 Å². The molecule has 0 saturated heterocycles. The molecule has 0 saturated carbocycles. The number of halogens is 1. The zero-order valence-electron chi connectivity index (χ0n) is 9.83. The molecule has 4 nitrogen and oxygen atoms in total. The molecule has 0 atom stereocenters. The lowest BCUT2D eigenvalue weighted by Crippen LogP contribution is -2.10. The number of likely N-dealkylation sites (N-methyl/N-ethyl adjacent to an activating group) is 1. The van der Waals surface area contributed by atoms with E-state index in [1.165, 1.54) is 0 Å². The molecule has 0 aliphatic carbocycles. The van der Waals surface area contributed by atoms with E-state index in [1.54, 1.807) is 0 Å². The van der Waals surface area contributed by atoms with E-state index in [2.05, 4.69) is 31.4 Å². The van der Waals surface area contributed by atoms with Gasteiger partial charge in [0.2, 0.25) is 11.8 Å². The Morgan fingerprint density at radius 2 is 2.18 bits per heavy atom. The summed E-state index contributed by atoms with van der Waals surface area (Å²) >= 11 is 3.49. The van der Waals surface area contributed by atoms with Gasteiger partial charge in [-0.05, 0) is 31.7 Å². The molecule has 0 fully saturated rings. The molecule has 2 rings (SSSR count). The Balaban J connectivity index is 2.27. The van der Waals surface area contributed by atoms with Crippen LogP contribution in [-0.4, -0.2) is 23.8 Å². The lowest BCUT2D eigenvalue weighted by molar-refractivity contribution is 0.500. The average molecular weight is 296 g/mol. The quantitative estimate of drug-likeness (QED) is 0.942. The predicted octanol–water partition coefficient (Wildman–Crippen LogP) is 2.57. The third-order valence-corrected chi connectivity index (χ3v) is 3.41. The normalized spacial score (nSPS) is 10.8. The lowest BCUT2D eigenvalue weighted by atomic mass is 10.1. The van der Waals surface area contributed by atoms with Gasteiger partial charge in [0.15, 0.2) is 0 Å². The smallest absolute Gasteiger partial charge is 0.248 e. The van der Waals surface area contributed by atoms with Crippen LogP contribution in [0.2, 0.25) is 0 Å². The van der Waals surface area contributed by atoms with E-state index < -0.39 is 0 Å². The van der Waals surface area contributed by atoms with Crippen LogP contribution < -0.4 is 5.32 Å². The maximum Gasteiger partial charge on any atom is 0.248 e. The zero-order valence-corrected chi connectivity index (χ0v) is 11.4. The van der Waals surface area contributed by atoms with Crippen LogP contribution in [-0.2, 0) is 6.42 Å². The first-order chi connectivity index (χ1) is 8.22. The summed E-state index contributed by atoms with van der Waals surface area (Å²) in [6.07, 6.45) is 0.747. The molecule has 5 heteroatoms. The lowest BCUT2D eigenvalue weighted by Gasteiger charge is -2.02. The van der Waals surface area contributed by atoms with Crippen molar-refractivity contribution in [2.45, 2.75) is 13.3 Å². The zero-order chi connectivity index (χ0) is 12.3. The average Bonchev–Trinajstić information content (AvgIpc) is 2.78. The number of nitrogens with one attached hydrogen (secondary N) is 1. The van der Waals surface area contributed by atoms with E-state index in [1.807, 2.05) is 32.2 Å². The van der Waals surface area contributed by atoms with Crippen LogP contribution in [0, 0.1) is 6.92 Å². The summed E-state index contributed by atoms with van der Waals surface area (Å²) in [5.74, 6) is 1.24. The van der Waals surface area contributed by atoms with E-state index in [0.717, 1.165) is 28.6 Å². The number of hydrogen-bond acceptors (Lipinski definition) is 4. The summed E-state index contributed by atoms with van der Waals surface area (Å²) in [5.41, 5.74) is 2.08. The van der Waals surface area contributed by atoms with Gasteiger partial charge in [0.25, 0.3) is 0 Å². The van der Waals surface area contributed by atoms with E-state index in [-0.39, 0.29) is 0 Å². The minimum atomic E-state index is 0.579. The summed E-state index contributed by atoms with van der Waals surface area (Å²) in [5, 5.41) is 11.2. The summed E-state index contributed by atoms with van der Waals surface area (Å²) in [6.45, 7) is 2.86. The summed E-state index contributed by atoms with van der Waals surface area (Å²) < 4.78 is 6.67. The van der Waals surface area contributed by atoms with Gasteiger partial charge in [-0.25, -0.2) is 0 Å². The van der Waals surface area contributed by atoms with Crippen molar-refractivity contribution in [2.24, 2.45) is 0 Å². The van der Waals surface area contributed by atoms with Gasteiger partial charge in [-0.3, -0.25) is 0 Å². The first-order valence-electron chi connectivity index (χ1n) is 5.45. The highest BCUT2D eigenvalue weighted by Gasteiger charge is 2.11. The van der Waals surface area contributed by atoms with Gasteiger partial charge in [0, 0.05) is 23.0 Å². The van der Waals surface area contributed by atoms with Gasteiger partial charge in [-0.1, -0.05) is 22.0 Å². The second-order valence-corrected chi connectivity index (χ2v) is 4.62. The van der Waals surface area contributed by atoms with Gasteiger partial charge < -0.3 is 9.73 Å². The van der Waals surface area contributed by atoms with Gasteiger partial charge in [0.05, 0.1) is 0 Å². The number of benzene rings is 1. The molecule has 90 valence electrons. The molecule has 0 spiro atoms. The van der Waals surface area contributed by atoms with Crippen LogP contribution in [0.25, 0.3) is 11.5 Å². The number of aromatic nitrogens is 2. The summed E-state index contributed by atoms with van der Waals surface area (Å²) in [4.78, 5) is 0. The van der Waals surface area contributed by atoms with E-state index in [0.29, 0.717) is 11.8 Å². The number of rotatable bonds is 4. The Morgan fingerprint density at radius 1 is 1.35 bits per heavy atom. The van der Waals surface area contributed by atoms with Crippen molar-refractivity contribution in [3.05, 3.63) is 34.1 Å². The molecule has 0 amide bonds. The number of hydrogen-bond donors (Lipinski definition) is 1. The fraction of sp³-hybridized carbons (Fsp3) is 0.333. The Hall–Kier alpha value is -1.20. The fourth-order valence-corrected chi connectivity index (χ4v) is 1.90. The minimum absolute atomic E-state index is 0.579. The number of nitrogens with zero attached hydrogens (tertiary/aromatic N) is 2. The highest BCUT2D eigenvalue weighted by atomic mass is 79.9. The van der Waals surface area contributed by atoms with Crippen LogP contribution in [0.15, 0.2) is 27.1 Å². The summed E-state index contributed by atoms with van der Waals surface area (Å²) in [6, 6.07) is 5.94. The molecule has 2 aromatic rings. The van der Waals surface area contributed by atoms with Crippen LogP contribution in [0.1, 0.15) is 11.5 Å². The van der Waals surface area contributed by atoms with E-state index in [9.17, 15) is 0 Å². The van der Waals surface area contributed by atoms with Gasteiger partial charge in [-0.2, -0.15) is 0 Å². The molecule has 0 aliphatic rings. The first kappa shape index (κ1) is 12.3. The molecule has 0 unspecified atom stereocenters. The largest absolute Gasteiger partial charge is 0.421 e. The molecule has 0 aliphatic heterocycles. The van der Waals surface area contributed by atoms with Gasteiger partial charge >= 0.3 is 0 Å². The molecule has 1 heterocycles. The third-order valence-electron chi connectivity index (χ3n) is 2.55. The monoisotopic (exact) mass is 295 g/mol. The molecule has 1 aromatic heterocycles. The second-order valence-electron chi connectivity index (χ2n) is 3.77. The van der Waals surface area contributed by atoms with Crippen molar-refractivity contribution in [1.29, 1.82) is 0 Å². The maximum atomic E-state index is 5.62. The van der Waals surface area contributed by atoms with E-state index in [4.69, 9.17) is 4.42 Å². The van der Waals surface area contributed by atoms with Crippen molar-refractivity contribution < 1.29 is 4.42 Å². The van der Waals surface area contributed by atoms with Crippen molar-refractivity contribution >= 4 is 15.9 Å². The van der Waals surface area contributed by atoms with Crippen LogP contribution in [0.3, 0.4) is 0 Å². The predicted molar refractivity (Wildman–Crippen MR) is 69.8 cm³/mol. The van der Waals surface area contributed by atoms with Crippen molar-refractivity contribution in [3.8, 4) is 11.5 Å². The molecular weight excluding hydrogens is 282 g/mol. The topological polar surface area (TPSA) is 51.0 Å². The van der Waals surface area contributed by atoms with Crippen LogP contribution in [0.5, 0.6) is 0 Å². The first-order valence-corrected chi connectivity index (χ1v) is 6.24. The van der Waals surface area contributed by atoms with Crippen LogP contribution in [0.4, 0.5) is 0 Å². The summed E-state index contributed by atoms with van der Waals surface area (Å²) in [7, 11) is 1.90. The Bertz CT molecular complexity index is 510. The van der Waals surface area contributed by atoms with Crippen molar-refractivity contribution in [1.82, 2.24) is 15.5 Å². The standard InChI is InChI=1S/C12H14BrN3O/c1-8-9(4-3-5-10(8)13)12-16-15-11(17-12)6-7-14-2/h3-5,14H,6-7H2,1-2H3. The van der Waals surface area contributed by atoms with Crippen molar-refractivity contribution in [3.63, 3.8) is 0 Å². The SMILES string of the molecule is CNCCc1nnc(-c2cccc(Br)c2C)o1. The highest BCUT2D eigenvalue weighted by molar-refractivity contribution is 9.10. The maximum absolute atomic E-state index is 5.62. The Labute approximate surface area is 109 Å². The van der Waals surface area contributed by atoms with Gasteiger partial charge in [-0.15, -0.1) is 10.2 Å². The fourth-order valence-electron chi connectivity index (χ4n) is 1.53. The minimum Gasteiger partial charge on any atom is -0.421 e. The molecule has 0 bridgehead atoms. The molecule has 1 N–H and O–H groups in total. The Kier molecular flexibility index (Phi) is 3.91. The second kappa shape index (κ2) is 5.42. The third kappa shape index (κ3) is 2.73.